The molecule has 1 N–H and O–H groups in total. The van der Waals surface area contributed by atoms with E-state index >= 15 is 0 Å². The Morgan fingerprint density at radius 2 is 1.70 bits per heavy atom. The topological polar surface area (TPSA) is 49.4 Å². The van der Waals surface area contributed by atoms with Crippen LogP contribution in [0, 0.1) is 0 Å². The van der Waals surface area contributed by atoms with Crippen LogP contribution in [0.15, 0.2) is 0 Å². The van der Waals surface area contributed by atoms with Crippen molar-refractivity contribution in [2.75, 3.05) is 13.1 Å². The Labute approximate surface area is 124 Å². The molecule has 4 nitrogen and oxygen atoms in total. The van der Waals surface area contributed by atoms with E-state index in [-0.39, 0.29) is 11.3 Å². The molecule has 1 saturated carbocycles. The molecule has 20 heavy (non-hydrogen) atoms. The Morgan fingerprint density at radius 1 is 1.05 bits per heavy atom. The van der Waals surface area contributed by atoms with Crippen molar-refractivity contribution < 1.29 is 8.42 Å². The zero-order chi connectivity index (χ0) is 14.6. The average Bonchev–Trinajstić information content (AvgIpc) is 2.46. The predicted molar refractivity (Wildman–Crippen MR) is 83.3 cm³/mol. The van der Waals surface area contributed by atoms with E-state index in [1.165, 1.54) is 19.3 Å². The minimum Gasteiger partial charge on any atom is -0.313 e. The molecule has 1 heterocycles. The Morgan fingerprint density at radius 3 is 2.25 bits per heavy atom. The Hall–Kier alpha value is -0.130. The van der Waals surface area contributed by atoms with Crippen molar-refractivity contribution in [3.05, 3.63) is 0 Å². The number of hydrogen-bond donors (Lipinski definition) is 1. The molecule has 0 aromatic carbocycles. The smallest absolute Gasteiger partial charge is 0.217 e. The van der Waals surface area contributed by atoms with Crippen molar-refractivity contribution >= 4 is 10.0 Å². The lowest BCUT2D eigenvalue weighted by molar-refractivity contribution is 0.277. The van der Waals surface area contributed by atoms with E-state index in [2.05, 4.69) is 5.32 Å². The number of nitrogens with zero attached hydrogens (tertiary/aromatic N) is 1. The maximum absolute atomic E-state index is 12.9. The Bertz CT molecular complexity index is 383. The SMILES string of the molecule is CC(C)N(CC1CCCCN1)S(=O)(=O)C1CCCCC1. The number of rotatable bonds is 5. The van der Waals surface area contributed by atoms with Gasteiger partial charge in [-0.05, 0) is 46.1 Å². The molecule has 0 aromatic rings. The summed E-state index contributed by atoms with van der Waals surface area (Å²) in [5, 5.41) is 3.34. The molecule has 1 atom stereocenters. The molecule has 5 heteroatoms. The average molecular weight is 302 g/mol. The third-order valence-electron chi connectivity index (χ3n) is 4.69. The Kier molecular flexibility index (Phi) is 5.87. The monoisotopic (exact) mass is 302 g/mol. The molecule has 1 saturated heterocycles. The van der Waals surface area contributed by atoms with E-state index in [0.29, 0.717) is 12.6 Å². The Balaban J connectivity index is 2.05. The van der Waals surface area contributed by atoms with Crippen molar-refractivity contribution in [3.63, 3.8) is 0 Å². The third-order valence-corrected chi connectivity index (χ3v) is 7.23. The van der Waals surface area contributed by atoms with Gasteiger partial charge in [0.05, 0.1) is 5.25 Å². The highest BCUT2D eigenvalue weighted by molar-refractivity contribution is 7.89. The fourth-order valence-electron chi connectivity index (χ4n) is 3.46. The summed E-state index contributed by atoms with van der Waals surface area (Å²) in [5.41, 5.74) is 0. The molecule has 0 amide bonds. The van der Waals surface area contributed by atoms with Crippen LogP contribution in [0.3, 0.4) is 0 Å². The van der Waals surface area contributed by atoms with Gasteiger partial charge in [-0.1, -0.05) is 25.7 Å². The van der Waals surface area contributed by atoms with Gasteiger partial charge in [0.25, 0.3) is 0 Å². The molecule has 0 aromatic heterocycles. The second-order valence-corrected chi connectivity index (χ2v) is 8.78. The fraction of sp³-hybridized carbons (Fsp3) is 1.00. The first-order chi connectivity index (χ1) is 9.51. The van der Waals surface area contributed by atoms with Gasteiger partial charge in [0, 0.05) is 18.6 Å². The van der Waals surface area contributed by atoms with Crippen LogP contribution in [0.1, 0.15) is 65.2 Å². The minimum atomic E-state index is -3.13. The molecule has 1 aliphatic carbocycles. The van der Waals surface area contributed by atoms with E-state index in [4.69, 9.17) is 0 Å². The zero-order valence-corrected chi connectivity index (χ0v) is 13.8. The maximum Gasteiger partial charge on any atom is 0.217 e. The van der Waals surface area contributed by atoms with Crippen LogP contribution in [0.2, 0.25) is 0 Å². The minimum absolute atomic E-state index is 0.0608. The molecule has 118 valence electrons. The highest BCUT2D eigenvalue weighted by Gasteiger charge is 2.35. The number of piperidine rings is 1. The van der Waals surface area contributed by atoms with Crippen LogP contribution in [0.4, 0.5) is 0 Å². The molecule has 1 unspecified atom stereocenters. The van der Waals surface area contributed by atoms with Gasteiger partial charge in [-0.2, -0.15) is 4.31 Å². The fourth-order valence-corrected chi connectivity index (χ4v) is 5.75. The molecule has 0 bridgehead atoms. The van der Waals surface area contributed by atoms with Crippen LogP contribution in [0.25, 0.3) is 0 Å². The van der Waals surface area contributed by atoms with Gasteiger partial charge in [-0.15, -0.1) is 0 Å². The van der Waals surface area contributed by atoms with Crippen LogP contribution in [0.5, 0.6) is 0 Å². The quantitative estimate of drug-likeness (QED) is 0.849. The zero-order valence-electron chi connectivity index (χ0n) is 13.0. The van der Waals surface area contributed by atoms with Crippen LogP contribution in [-0.4, -0.2) is 43.1 Å². The molecular weight excluding hydrogens is 272 g/mol. The highest BCUT2D eigenvalue weighted by atomic mass is 32.2. The second-order valence-electron chi connectivity index (χ2n) is 6.62. The molecule has 0 spiro atoms. The molecule has 0 radical (unpaired) electrons. The van der Waals surface area contributed by atoms with Crippen LogP contribution >= 0.6 is 0 Å². The van der Waals surface area contributed by atoms with E-state index in [9.17, 15) is 8.42 Å². The van der Waals surface area contributed by atoms with Gasteiger partial charge < -0.3 is 5.32 Å². The van der Waals surface area contributed by atoms with E-state index in [1.54, 1.807) is 4.31 Å². The summed E-state index contributed by atoms with van der Waals surface area (Å²) in [5.74, 6) is 0. The van der Waals surface area contributed by atoms with Crippen molar-refractivity contribution in [1.29, 1.82) is 0 Å². The van der Waals surface area contributed by atoms with Gasteiger partial charge in [0.15, 0.2) is 0 Å². The summed E-state index contributed by atoms with van der Waals surface area (Å²) in [6.45, 7) is 5.68. The lowest BCUT2D eigenvalue weighted by atomic mass is 10.0. The van der Waals surface area contributed by atoms with Gasteiger partial charge in [-0.25, -0.2) is 8.42 Å². The molecule has 2 fully saturated rings. The predicted octanol–water partition coefficient (Wildman–Crippen LogP) is 2.50. The first-order valence-electron chi connectivity index (χ1n) is 8.26. The summed E-state index contributed by atoms with van der Waals surface area (Å²) < 4.78 is 27.6. The van der Waals surface area contributed by atoms with Crippen molar-refractivity contribution in [1.82, 2.24) is 9.62 Å². The van der Waals surface area contributed by atoms with Crippen LogP contribution < -0.4 is 5.32 Å². The third kappa shape index (κ3) is 3.95. The summed E-state index contributed by atoms with van der Waals surface area (Å²) in [6.07, 6.45) is 8.56. The van der Waals surface area contributed by atoms with Gasteiger partial charge in [-0.3, -0.25) is 0 Å². The van der Waals surface area contributed by atoms with Gasteiger partial charge >= 0.3 is 0 Å². The number of sulfonamides is 1. The normalized spacial score (nSPS) is 26.3. The molecule has 2 aliphatic rings. The molecule has 2 rings (SSSR count). The molecular formula is C15H30N2O2S. The standard InChI is InChI=1S/C15H30N2O2S/c1-13(2)17(12-14-8-6-7-11-16-14)20(18,19)15-9-4-3-5-10-15/h13-16H,3-12H2,1-2H3. The largest absolute Gasteiger partial charge is 0.313 e. The summed E-state index contributed by atoms with van der Waals surface area (Å²) in [4.78, 5) is 0. The first kappa shape index (κ1) is 16.2. The molecule has 1 aliphatic heterocycles. The van der Waals surface area contributed by atoms with E-state index < -0.39 is 10.0 Å². The second kappa shape index (κ2) is 7.23. The first-order valence-corrected chi connectivity index (χ1v) is 9.76. The summed E-state index contributed by atoms with van der Waals surface area (Å²) in [6, 6.07) is 0.398. The number of nitrogens with one attached hydrogen (secondary N) is 1. The summed E-state index contributed by atoms with van der Waals surface area (Å²) in [7, 11) is -3.13. The van der Waals surface area contributed by atoms with Gasteiger partial charge in [0.1, 0.15) is 0 Å². The van der Waals surface area contributed by atoms with E-state index in [1.807, 2.05) is 13.8 Å². The van der Waals surface area contributed by atoms with E-state index in [0.717, 1.165) is 38.6 Å². The van der Waals surface area contributed by atoms with Crippen molar-refractivity contribution in [2.45, 2.75) is 82.5 Å². The van der Waals surface area contributed by atoms with Gasteiger partial charge in [0.2, 0.25) is 10.0 Å². The van der Waals surface area contributed by atoms with Crippen LogP contribution in [-0.2, 0) is 10.0 Å². The lowest BCUT2D eigenvalue weighted by Crippen LogP contribution is -2.51. The number of hydrogen-bond acceptors (Lipinski definition) is 3. The van der Waals surface area contributed by atoms with Crippen molar-refractivity contribution in [3.8, 4) is 0 Å². The highest BCUT2D eigenvalue weighted by Crippen LogP contribution is 2.27. The maximum atomic E-state index is 12.9. The van der Waals surface area contributed by atoms with Crippen molar-refractivity contribution in [2.24, 2.45) is 0 Å². The lowest BCUT2D eigenvalue weighted by Gasteiger charge is -2.35. The summed E-state index contributed by atoms with van der Waals surface area (Å²) >= 11 is 0.